The number of guanidine groups is 1. The zero-order chi connectivity index (χ0) is 18.3. The Morgan fingerprint density at radius 1 is 1.04 bits per heavy atom. The molecule has 0 bridgehead atoms. The van der Waals surface area contributed by atoms with Crippen LogP contribution in [0.4, 0.5) is 11.4 Å². The van der Waals surface area contributed by atoms with E-state index >= 15 is 0 Å². The molecule has 0 aromatic heterocycles. The van der Waals surface area contributed by atoms with Gasteiger partial charge in [-0.05, 0) is 36.8 Å². The van der Waals surface area contributed by atoms with E-state index in [4.69, 9.17) is 11.6 Å². The molecule has 6 nitrogen and oxygen atoms in total. The quantitative estimate of drug-likeness (QED) is 0.811. The van der Waals surface area contributed by atoms with Crippen LogP contribution in [-0.4, -0.2) is 45.5 Å². The van der Waals surface area contributed by atoms with Crippen molar-refractivity contribution >= 4 is 39.0 Å². The summed E-state index contributed by atoms with van der Waals surface area (Å²) in [6.45, 7) is 4.95. The van der Waals surface area contributed by atoms with Crippen molar-refractivity contribution in [1.82, 2.24) is 4.90 Å². The first-order chi connectivity index (χ1) is 12.4. The number of nitrogens with one attached hydrogen (secondary N) is 1. The summed E-state index contributed by atoms with van der Waals surface area (Å²) in [6.07, 6.45) is 0. The van der Waals surface area contributed by atoms with E-state index in [1.54, 1.807) is 18.2 Å². The fraction of sp³-hybridized carbons (Fsp3) is 0.278. The lowest BCUT2D eigenvalue weighted by Crippen LogP contribution is -2.51. The number of para-hydroxylation sites is 1. The molecule has 1 N–H and O–H groups in total. The minimum Gasteiger partial charge on any atom is -0.368 e. The van der Waals surface area contributed by atoms with E-state index in [-0.39, 0.29) is 4.90 Å². The molecular weight excluding hydrogens is 372 g/mol. The third kappa shape index (κ3) is 3.12. The highest BCUT2D eigenvalue weighted by Gasteiger charge is 2.29. The van der Waals surface area contributed by atoms with E-state index in [0.717, 1.165) is 18.8 Å². The van der Waals surface area contributed by atoms with Crippen LogP contribution in [0, 0.1) is 6.92 Å². The number of rotatable bonds is 1. The summed E-state index contributed by atoms with van der Waals surface area (Å²) >= 11 is 6.13. The number of benzene rings is 2. The van der Waals surface area contributed by atoms with Gasteiger partial charge in [0.05, 0.1) is 5.69 Å². The highest BCUT2D eigenvalue weighted by Crippen LogP contribution is 2.29. The molecule has 0 saturated carbocycles. The lowest BCUT2D eigenvalue weighted by Gasteiger charge is -2.38. The molecule has 2 heterocycles. The van der Waals surface area contributed by atoms with Crippen molar-refractivity contribution in [1.29, 1.82) is 0 Å². The molecule has 26 heavy (non-hydrogen) atoms. The molecule has 0 amide bonds. The molecule has 2 aliphatic rings. The van der Waals surface area contributed by atoms with Gasteiger partial charge in [0.1, 0.15) is 4.90 Å². The second-order valence-electron chi connectivity index (χ2n) is 6.42. The largest absolute Gasteiger partial charge is 0.368 e. The van der Waals surface area contributed by atoms with Crippen molar-refractivity contribution in [2.45, 2.75) is 11.8 Å². The van der Waals surface area contributed by atoms with Gasteiger partial charge in [-0.3, -0.25) is 0 Å². The predicted octanol–water partition coefficient (Wildman–Crippen LogP) is 2.94. The summed E-state index contributed by atoms with van der Waals surface area (Å²) in [7, 11) is -3.67. The smallest absolute Gasteiger partial charge is 0.287 e. The van der Waals surface area contributed by atoms with Crippen LogP contribution >= 0.6 is 11.6 Å². The Morgan fingerprint density at radius 3 is 2.50 bits per heavy atom. The van der Waals surface area contributed by atoms with Crippen LogP contribution in [0.25, 0.3) is 0 Å². The van der Waals surface area contributed by atoms with Crippen LogP contribution in [-0.2, 0) is 10.0 Å². The fourth-order valence-corrected chi connectivity index (χ4v) is 4.62. The molecule has 0 aliphatic carbocycles. The third-order valence-corrected chi connectivity index (χ3v) is 6.27. The minimum atomic E-state index is -3.67. The summed E-state index contributed by atoms with van der Waals surface area (Å²) in [5.74, 6) is 0.395. The first-order valence-electron chi connectivity index (χ1n) is 8.41. The summed E-state index contributed by atoms with van der Waals surface area (Å²) in [4.78, 5) is 4.46. The van der Waals surface area contributed by atoms with Crippen molar-refractivity contribution < 1.29 is 8.42 Å². The van der Waals surface area contributed by atoms with Crippen LogP contribution < -0.4 is 10.2 Å². The summed E-state index contributed by atoms with van der Waals surface area (Å²) in [5, 5.41) is 3.87. The first kappa shape index (κ1) is 17.2. The lowest BCUT2D eigenvalue weighted by molar-refractivity contribution is 0.385. The molecule has 2 aromatic rings. The van der Waals surface area contributed by atoms with E-state index in [2.05, 4.69) is 21.5 Å². The number of fused-ring (bicyclic) bond motifs is 1. The first-order valence-corrected chi connectivity index (χ1v) is 10.2. The van der Waals surface area contributed by atoms with Crippen LogP contribution in [0.2, 0.25) is 5.02 Å². The predicted molar refractivity (Wildman–Crippen MR) is 105 cm³/mol. The Kier molecular flexibility index (Phi) is 4.28. The van der Waals surface area contributed by atoms with Gasteiger partial charge in [-0.15, -0.1) is 4.40 Å². The van der Waals surface area contributed by atoms with Crippen molar-refractivity contribution in [3.63, 3.8) is 0 Å². The summed E-state index contributed by atoms with van der Waals surface area (Å²) in [5.41, 5.74) is 2.87. The Balaban J connectivity index is 1.52. The highest BCUT2D eigenvalue weighted by molar-refractivity contribution is 7.90. The summed E-state index contributed by atoms with van der Waals surface area (Å²) in [6, 6.07) is 12.7. The van der Waals surface area contributed by atoms with Gasteiger partial charge in [0.2, 0.25) is 5.96 Å². The van der Waals surface area contributed by atoms with Crippen molar-refractivity contribution in [3.05, 3.63) is 53.1 Å². The van der Waals surface area contributed by atoms with E-state index in [1.807, 2.05) is 29.2 Å². The third-order valence-electron chi connectivity index (χ3n) is 4.71. The molecule has 8 heteroatoms. The molecule has 2 aliphatic heterocycles. The zero-order valence-electron chi connectivity index (χ0n) is 14.3. The van der Waals surface area contributed by atoms with Gasteiger partial charge in [-0.25, -0.2) is 0 Å². The number of sulfonamides is 1. The molecule has 0 spiro atoms. The number of nitrogens with zero attached hydrogens (tertiary/aromatic N) is 3. The van der Waals surface area contributed by atoms with Crippen molar-refractivity contribution in [2.24, 2.45) is 4.40 Å². The van der Waals surface area contributed by atoms with E-state index in [0.29, 0.717) is 29.8 Å². The van der Waals surface area contributed by atoms with E-state index in [1.165, 1.54) is 5.56 Å². The van der Waals surface area contributed by atoms with Crippen LogP contribution in [0.5, 0.6) is 0 Å². The van der Waals surface area contributed by atoms with Crippen LogP contribution in [0.1, 0.15) is 5.56 Å². The standard InChI is InChI=1S/C18H19ClN4O2S/c1-13-6-7-14(19)12-16(13)22-8-10-23(11-9-22)18-20-15-4-2-3-5-17(15)26(24,25)21-18/h2-7,12H,8-11H2,1H3,(H,20,21). The average Bonchev–Trinajstić information content (AvgIpc) is 2.63. The number of anilines is 2. The van der Waals surface area contributed by atoms with Gasteiger partial charge in [0, 0.05) is 36.9 Å². The number of hydrogen-bond donors (Lipinski definition) is 1. The molecule has 2 aromatic carbocycles. The molecule has 0 radical (unpaired) electrons. The number of aryl methyl sites for hydroxylation is 1. The Labute approximate surface area is 158 Å². The van der Waals surface area contributed by atoms with Gasteiger partial charge >= 0.3 is 0 Å². The van der Waals surface area contributed by atoms with Crippen molar-refractivity contribution in [3.8, 4) is 0 Å². The number of halogens is 1. The normalized spacial score (nSPS) is 18.8. The molecule has 1 saturated heterocycles. The van der Waals surface area contributed by atoms with Gasteiger partial charge in [-0.1, -0.05) is 29.8 Å². The lowest BCUT2D eigenvalue weighted by atomic mass is 10.1. The van der Waals surface area contributed by atoms with Crippen molar-refractivity contribution in [2.75, 3.05) is 36.4 Å². The number of piperazine rings is 1. The Bertz CT molecular complexity index is 982. The van der Waals surface area contributed by atoms with Gasteiger partial charge in [0.25, 0.3) is 10.0 Å². The van der Waals surface area contributed by atoms with E-state index in [9.17, 15) is 8.42 Å². The SMILES string of the molecule is Cc1ccc(Cl)cc1N1CCN(C2=NS(=O)(=O)c3ccccc3N2)CC1. The Hall–Kier alpha value is -2.25. The number of hydrogen-bond acceptors (Lipinski definition) is 5. The average molecular weight is 391 g/mol. The Morgan fingerprint density at radius 2 is 1.73 bits per heavy atom. The molecule has 136 valence electrons. The molecule has 0 atom stereocenters. The summed E-state index contributed by atoms with van der Waals surface area (Å²) < 4.78 is 28.8. The second-order valence-corrected chi connectivity index (χ2v) is 8.42. The van der Waals surface area contributed by atoms with Gasteiger partial charge in [0.15, 0.2) is 0 Å². The van der Waals surface area contributed by atoms with Gasteiger partial charge in [-0.2, -0.15) is 8.42 Å². The maximum atomic E-state index is 12.4. The van der Waals surface area contributed by atoms with E-state index < -0.39 is 10.0 Å². The molecule has 4 rings (SSSR count). The fourth-order valence-electron chi connectivity index (χ4n) is 3.32. The van der Waals surface area contributed by atoms with Gasteiger partial charge < -0.3 is 15.1 Å². The monoisotopic (exact) mass is 390 g/mol. The molecule has 1 fully saturated rings. The topological polar surface area (TPSA) is 65.0 Å². The molecular formula is C18H19ClN4O2S. The highest BCUT2D eigenvalue weighted by atomic mass is 35.5. The second kappa shape index (κ2) is 6.48. The zero-order valence-corrected chi connectivity index (χ0v) is 15.9. The van der Waals surface area contributed by atoms with Crippen LogP contribution in [0.15, 0.2) is 51.8 Å². The molecule has 0 unspecified atom stereocenters. The minimum absolute atomic E-state index is 0.219. The maximum Gasteiger partial charge on any atom is 0.287 e. The van der Waals surface area contributed by atoms with Crippen LogP contribution in [0.3, 0.4) is 0 Å². The maximum absolute atomic E-state index is 12.4.